The van der Waals surface area contributed by atoms with Crippen LogP contribution in [0, 0.1) is 0 Å². The second-order valence-electron chi connectivity index (χ2n) is 3.62. The number of carbonyl (C=O) groups excluding carboxylic acids is 1. The summed E-state index contributed by atoms with van der Waals surface area (Å²) in [6.45, 7) is 5.64. The first-order valence-corrected chi connectivity index (χ1v) is 7.05. The Labute approximate surface area is 117 Å². The molecule has 0 unspecified atom stereocenters. The van der Waals surface area contributed by atoms with Gasteiger partial charge in [0.15, 0.2) is 5.16 Å². The fourth-order valence-corrected chi connectivity index (χ4v) is 2.16. The van der Waals surface area contributed by atoms with Crippen LogP contribution in [0.3, 0.4) is 0 Å². The lowest BCUT2D eigenvalue weighted by molar-refractivity contribution is -0.140. The number of aromatic nitrogens is 3. The molecule has 0 bridgehead atoms. The van der Waals surface area contributed by atoms with E-state index in [4.69, 9.17) is 5.73 Å². The van der Waals surface area contributed by atoms with E-state index in [0.29, 0.717) is 23.3 Å². The minimum Gasteiger partial charge on any atom is -0.469 e. The predicted molar refractivity (Wildman–Crippen MR) is 75.2 cm³/mol. The van der Waals surface area contributed by atoms with E-state index in [1.807, 2.05) is 18.7 Å². The predicted octanol–water partition coefficient (Wildman–Crippen LogP) is 0.955. The number of rotatable bonds is 7. The molecule has 0 aliphatic heterocycles. The molecule has 0 amide bonds. The second kappa shape index (κ2) is 7.78. The average Bonchev–Trinajstić information content (AvgIpc) is 2.39. The summed E-state index contributed by atoms with van der Waals surface area (Å²) < 4.78 is 4.57. The maximum atomic E-state index is 11.0. The summed E-state index contributed by atoms with van der Waals surface area (Å²) in [5.41, 5.74) is 5.67. The number of thioether (sulfide) groups is 1. The molecule has 106 valence electrons. The van der Waals surface area contributed by atoms with Crippen LogP contribution in [-0.2, 0) is 9.53 Å². The number of hydrogen-bond donors (Lipinski definition) is 1. The highest BCUT2D eigenvalue weighted by atomic mass is 32.2. The zero-order valence-corrected chi connectivity index (χ0v) is 12.2. The van der Waals surface area contributed by atoms with E-state index in [-0.39, 0.29) is 11.9 Å². The molecule has 8 heteroatoms. The first-order chi connectivity index (χ1) is 9.10. The normalized spacial score (nSPS) is 10.3. The molecule has 0 spiro atoms. The number of esters is 1. The van der Waals surface area contributed by atoms with Gasteiger partial charge >= 0.3 is 5.97 Å². The number of nitrogen functional groups attached to an aromatic ring is 1. The van der Waals surface area contributed by atoms with Gasteiger partial charge in [-0.3, -0.25) is 4.79 Å². The van der Waals surface area contributed by atoms with Gasteiger partial charge in [-0.2, -0.15) is 15.0 Å². The van der Waals surface area contributed by atoms with Gasteiger partial charge in [0.25, 0.3) is 0 Å². The Morgan fingerprint density at radius 3 is 2.58 bits per heavy atom. The van der Waals surface area contributed by atoms with E-state index in [1.165, 1.54) is 18.9 Å². The van der Waals surface area contributed by atoms with Crippen LogP contribution in [0.5, 0.6) is 0 Å². The number of carbonyl (C=O) groups is 1. The quantitative estimate of drug-likeness (QED) is 0.584. The molecule has 0 aromatic carbocycles. The highest BCUT2D eigenvalue weighted by molar-refractivity contribution is 7.99. The van der Waals surface area contributed by atoms with Crippen molar-refractivity contribution in [2.75, 3.05) is 36.6 Å². The Morgan fingerprint density at radius 1 is 1.32 bits per heavy atom. The summed E-state index contributed by atoms with van der Waals surface area (Å²) >= 11 is 1.36. The standard InChI is InChI=1S/C11H19N5O2S/c1-4-16(5-2)10-13-9(12)14-11(15-10)19-7-6-8(17)18-3/h4-7H2,1-3H3,(H2,12,13,14,15). The SMILES string of the molecule is CCN(CC)c1nc(N)nc(SCCC(=O)OC)n1. The third kappa shape index (κ3) is 4.90. The van der Waals surface area contributed by atoms with E-state index >= 15 is 0 Å². The first kappa shape index (κ1) is 15.5. The van der Waals surface area contributed by atoms with Crippen LogP contribution in [0.1, 0.15) is 20.3 Å². The molecule has 1 aromatic heterocycles. The zero-order valence-electron chi connectivity index (χ0n) is 11.4. The highest BCUT2D eigenvalue weighted by Gasteiger charge is 2.10. The van der Waals surface area contributed by atoms with E-state index in [9.17, 15) is 4.79 Å². The summed E-state index contributed by atoms with van der Waals surface area (Å²) in [4.78, 5) is 25.5. The maximum Gasteiger partial charge on any atom is 0.306 e. The van der Waals surface area contributed by atoms with Gasteiger partial charge in [-0.15, -0.1) is 0 Å². The van der Waals surface area contributed by atoms with Crippen molar-refractivity contribution >= 4 is 29.6 Å². The van der Waals surface area contributed by atoms with Crippen molar-refractivity contribution in [1.29, 1.82) is 0 Å². The largest absolute Gasteiger partial charge is 0.469 e. The van der Waals surface area contributed by atoms with Crippen LogP contribution in [0.2, 0.25) is 0 Å². The number of anilines is 2. The van der Waals surface area contributed by atoms with Crippen molar-refractivity contribution in [3.63, 3.8) is 0 Å². The molecule has 2 N–H and O–H groups in total. The Balaban J connectivity index is 2.71. The smallest absolute Gasteiger partial charge is 0.306 e. The molecular formula is C11H19N5O2S. The molecule has 0 atom stereocenters. The molecule has 0 saturated carbocycles. The average molecular weight is 285 g/mol. The van der Waals surface area contributed by atoms with Gasteiger partial charge in [-0.05, 0) is 13.8 Å². The lowest BCUT2D eigenvalue weighted by Gasteiger charge is -2.18. The molecular weight excluding hydrogens is 266 g/mol. The van der Waals surface area contributed by atoms with Gasteiger partial charge < -0.3 is 15.4 Å². The van der Waals surface area contributed by atoms with Gasteiger partial charge in [-0.25, -0.2) is 0 Å². The molecule has 0 fully saturated rings. The number of nitrogens with two attached hydrogens (primary N) is 1. The van der Waals surface area contributed by atoms with Gasteiger partial charge in [0.1, 0.15) is 0 Å². The Kier molecular flexibility index (Phi) is 6.34. The summed E-state index contributed by atoms with van der Waals surface area (Å²) in [7, 11) is 1.37. The number of nitrogens with zero attached hydrogens (tertiary/aromatic N) is 4. The van der Waals surface area contributed by atoms with Crippen LogP contribution in [-0.4, -0.2) is 46.9 Å². The van der Waals surface area contributed by atoms with Crippen LogP contribution in [0.15, 0.2) is 5.16 Å². The summed E-state index contributed by atoms with van der Waals surface area (Å²) in [5, 5.41) is 0.526. The molecule has 1 rings (SSSR count). The van der Waals surface area contributed by atoms with Crippen LogP contribution in [0.25, 0.3) is 0 Å². The zero-order chi connectivity index (χ0) is 14.3. The van der Waals surface area contributed by atoms with Crippen molar-refractivity contribution in [2.45, 2.75) is 25.4 Å². The lowest BCUT2D eigenvalue weighted by Crippen LogP contribution is -2.25. The maximum absolute atomic E-state index is 11.0. The molecule has 0 aliphatic rings. The van der Waals surface area contributed by atoms with Gasteiger partial charge in [-0.1, -0.05) is 11.8 Å². The van der Waals surface area contributed by atoms with E-state index in [2.05, 4.69) is 19.7 Å². The van der Waals surface area contributed by atoms with E-state index < -0.39 is 0 Å². The van der Waals surface area contributed by atoms with E-state index in [0.717, 1.165) is 13.1 Å². The number of methoxy groups -OCH3 is 1. The second-order valence-corrected chi connectivity index (χ2v) is 4.69. The lowest BCUT2D eigenvalue weighted by atomic mass is 10.5. The molecule has 0 aliphatic carbocycles. The fraction of sp³-hybridized carbons (Fsp3) is 0.636. The molecule has 1 heterocycles. The van der Waals surface area contributed by atoms with Crippen molar-refractivity contribution < 1.29 is 9.53 Å². The highest BCUT2D eigenvalue weighted by Crippen LogP contribution is 2.18. The summed E-state index contributed by atoms with van der Waals surface area (Å²) in [6, 6.07) is 0. The van der Waals surface area contributed by atoms with Gasteiger partial charge in [0.2, 0.25) is 11.9 Å². The third-order valence-electron chi connectivity index (χ3n) is 2.43. The van der Waals surface area contributed by atoms with Crippen molar-refractivity contribution in [3.8, 4) is 0 Å². The molecule has 1 aromatic rings. The van der Waals surface area contributed by atoms with Crippen LogP contribution >= 0.6 is 11.8 Å². The van der Waals surface area contributed by atoms with Gasteiger partial charge in [0, 0.05) is 18.8 Å². The molecule has 0 radical (unpaired) electrons. The number of hydrogen-bond acceptors (Lipinski definition) is 8. The summed E-state index contributed by atoms with van der Waals surface area (Å²) in [5.74, 6) is 1.06. The number of ether oxygens (including phenoxy) is 1. The van der Waals surface area contributed by atoms with Crippen molar-refractivity contribution in [2.24, 2.45) is 0 Å². The monoisotopic (exact) mass is 285 g/mol. The Morgan fingerprint density at radius 2 is 2.00 bits per heavy atom. The van der Waals surface area contributed by atoms with E-state index in [1.54, 1.807) is 0 Å². The van der Waals surface area contributed by atoms with Crippen LogP contribution in [0.4, 0.5) is 11.9 Å². The van der Waals surface area contributed by atoms with Gasteiger partial charge in [0.05, 0.1) is 13.5 Å². The topological polar surface area (TPSA) is 94.2 Å². The molecule has 19 heavy (non-hydrogen) atoms. The first-order valence-electron chi connectivity index (χ1n) is 6.06. The third-order valence-corrected chi connectivity index (χ3v) is 3.28. The minimum absolute atomic E-state index is 0.192. The Hall–Kier alpha value is -1.57. The Bertz CT molecular complexity index is 426. The molecule has 7 nitrogen and oxygen atoms in total. The van der Waals surface area contributed by atoms with Crippen LogP contribution < -0.4 is 10.6 Å². The summed E-state index contributed by atoms with van der Waals surface area (Å²) in [6.07, 6.45) is 0.313. The van der Waals surface area contributed by atoms with Crippen molar-refractivity contribution in [3.05, 3.63) is 0 Å². The fourth-order valence-electron chi connectivity index (χ4n) is 1.40. The minimum atomic E-state index is -0.251. The van der Waals surface area contributed by atoms with Crippen molar-refractivity contribution in [1.82, 2.24) is 15.0 Å². The molecule has 0 saturated heterocycles.